The van der Waals surface area contributed by atoms with Gasteiger partial charge in [-0.3, -0.25) is 4.79 Å². The van der Waals surface area contributed by atoms with E-state index in [2.05, 4.69) is 41.2 Å². The molecular weight excluding hydrogens is 378 g/mol. The number of anilines is 1. The molecule has 3 aromatic heterocycles. The fourth-order valence-electron chi connectivity index (χ4n) is 2.94. The minimum Gasteiger partial charge on any atom is -0.444 e. The molecule has 30 heavy (non-hydrogen) atoms. The van der Waals surface area contributed by atoms with Crippen molar-refractivity contribution in [1.82, 2.24) is 19.7 Å². The smallest absolute Gasteiger partial charge is 0.231 e. The largest absolute Gasteiger partial charge is 0.444 e. The second-order valence-corrected chi connectivity index (χ2v) is 8.00. The number of amides is 1. The third kappa shape index (κ3) is 4.30. The maximum atomic E-state index is 12.7. The number of hydrogen-bond acceptors (Lipinski definition) is 5. The number of aromatic nitrogens is 4. The van der Waals surface area contributed by atoms with Gasteiger partial charge in [0.15, 0.2) is 5.82 Å². The fourth-order valence-corrected chi connectivity index (χ4v) is 2.94. The number of hydrogen-bond donors (Lipinski definition) is 1. The summed E-state index contributed by atoms with van der Waals surface area (Å²) in [6.45, 7) is 6.22. The molecule has 1 N–H and O–H groups in total. The van der Waals surface area contributed by atoms with E-state index in [1.165, 1.54) is 6.26 Å². The van der Waals surface area contributed by atoms with E-state index in [-0.39, 0.29) is 17.7 Å². The van der Waals surface area contributed by atoms with Crippen LogP contribution in [0.5, 0.6) is 0 Å². The highest BCUT2D eigenvalue weighted by Crippen LogP contribution is 2.26. The van der Waals surface area contributed by atoms with Gasteiger partial charge in [0.05, 0.1) is 17.8 Å². The summed E-state index contributed by atoms with van der Waals surface area (Å²) in [5.41, 5.74) is 2.12. The molecule has 0 unspecified atom stereocenters. The first kappa shape index (κ1) is 19.6. The van der Waals surface area contributed by atoms with Crippen LogP contribution in [0.4, 0.5) is 5.82 Å². The summed E-state index contributed by atoms with van der Waals surface area (Å²) < 4.78 is 7.17. The molecule has 0 saturated carbocycles. The monoisotopic (exact) mass is 401 g/mol. The molecule has 7 nitrogen and oxygen atoms in total. The molecule has 0 fully saturated rings. The van der Waals surface area contributed by atoms with Crippen molar-refractivity contribution >= 4 is 11.7 Å². The molecule has 0 aliphatic carbocycles. The SMILES string of the molecule is CC(C)(C)c1cc(NC(=O)Cc2coc(-c3ccccc3)n2)n(-c2ccccn2)n1. The lowest BCUT2D eigenvalue weighted by Gasteiger charge is -2.13. The van der Waals surface area contributed by atoms with Crippen LogP contribution < -0.4 is 5.32 Å². The van der Waals surface area contributed by atoms with Crippen molar-refractivity contribution in [1.29, 1.82) is 0 Å². The zero-order chi connectivity index (χ0) is 21.1. The summed E-state index contributed by atoms with van der Waals surface area (Å²) in [4.78, 5) is 21.5. The van der Waals surface area contributed by atoms with Gasteiger partial charge in [0, 0.05) is 23.2 Å². The van der Waals surface area contributed by atoms with Crippen molar-refractivity contribution in [2.45, 2.75) is 32.6 Å². The molecule has 152 valence electrons. The molecule has 0 atom stereocenters. The van der Waals surface area contributed by atoms with Gasteiger partial charge >= 0.3 is 0 Å². The van der Waals surface area contributed by atoms with Gasteiger partial charge in [0.2, 0.25) is 11.8 Å². The molecule has 1 amide bonds. The second-order valence-electron chi connectivity index (χ2n) is 8.00. The molecule has 0 saturated heterocycles. The van der Waals surface area contributed by atoms with E-state index in [1.54, 1.807) is 10.9 Å². The first-order chi connectivity index (χ1) is 14.4. The summed E-state index contributed by atoms with van der Waals surface area (Å²) >= 11 is 0. The number of rotatable bonds is 5. The van der Waals surface area contributed by atoms with Gasteiger partial charge < -0.3 is 9.73 Å². The molecule has 0 bridgehead atoms. The Bertz CT molecular complexity index is 1140. The summed E-state index contributed by atoms with van der Waals surface area (Å²) in [5, 5.41) is 7.60. The van der Waals surface area contributed by atoms with Crippen molar-refractivity contribution in [3.05, 3.63) is 78.4 Å². The summed E-state index contributed by atoms with van der Waals surface area (Å²) in [5.74, 6) is 1.49. The zero-order valence-corrected chi connectivity index (χ0v) is 17.2. The van der Waals surface area contributed by atoms with Crippen LogP contribution in [0, 0.1) is 0 Å². The first-order valence-electron chi connectivity index (χ1n) is 9.72. The van der Waals surface area contributed by atoms with Crippen LogP contribution in [0.2, 0.25) is 0 Å². The van der Waals surface area contributed by atoms with E-state index in [9.17, 15) is 4.79 Å². The Morgan fingerprint density at radius 2 is 1.87 bits per heavy atom. The standard InChI is InChI=1S/C23H23N5O2/c1-23(2,3)18-14-20(28(27-18)19-11-7-8-12-24-19)26-21(29)13-17-15-30-22(25-17)16-9-5-4-6-10-16/h4-12,14-15H,13H2,1-3H3,(H,26,29). The average molecular weight is 401 g/mol. The maximum absolute atomic E-state index is 12.7. The van der Waals surface area contributed by atoms with Gasteiger partial charge in [-0.05, 0) is 24.3 Å². The summed E-state index contributed by atoms with van der Waals surface area (Å²) in [6.07, 6.45) is 3.30. The molecule has 4 aromatic rings. The van der Waals surface area contributed by atoms with E-state index in [0.717, 1.165) is 11.3 Å². The predicted octanol–water partition coefficient (Wildman–Crippen LogP) is 4.40. The lowest BCUT2D eigenvalue weighted by atomic mass is 9.92. The van der Waals surface area contributed by atoms with Crippen molar-refractivity contribution in [3.63, 3.8) is 0 Å². The summed E-state index contributed by atoms with van der Waals surface area (Å²) in [7, 11) is 0. The normalized spacial score (nSPS) is 11.4. The van der Waals surface area contributed by atoms with Crippen LogP contribution in [0.15, 0.2) is 71.5 Å². The highest BCUT2D eigenvalue weighted by atomic mass is 16.3. The molecule has 4 rings (SSSR count). The third-order valence-electron chi connectivity index (χ3n) is 4.53. The average Bonchev–Trinajstić information content (AvgIpc) is 3.36. The lowest BCUT2D eigenvalue weighted by molar-refractivity contribution is -0.115. The fraction of sp³-hybridized carbons (Fsp3) is 0.217. The number of carbonyl (C=O) groups is 1. The highest BCUT2D eigenvalue weighted by Gasteiger charge is 2.22. The van der Waals surface area contributed by atoms with Crippen molar-refractivity contribution < 1.29 is 9.21 Å². The Balaban J connectivity index is 1.55. The number of pyridine rings is 1. The minimum atomic E-state index is -0.208. The predicted molar refractivity (Wildman–Crippen MR) is 114 cm³/mol. The highest BCUT2D eigenvalue weighted by molar-refractivity contribution is 5.91. The number of nitrogens with one attached hydrogen (secondary N) is 1. The van der Waals surface area contributed by atoms with Crippen molar-refractivity contribution in [2.75, 3.05) is 5.32 Å². The molecule has 0 radical (unpaired) electrons. The van der Waals surface area contributed by atoms with Crippen LogP contribution in [0.25, 0.3) is 17.3 Å². The second kappa shape index (κ2) is 7.94. The Morgan fingerprint density at radius 3 is 2.57 bits per heavy atom. The van der Waals surface area contributed by atoms with E-state index < -0.39 is 0 Å². The number of carbonyl (C=O) groups excluding carboxylic acids is 1. The van der Waals surface area contributed by atoms with E-state index in [1.807, 2.05) is 54.6 Å². The topological polar surface area (TPSA) is 85.8 Å². The quantitative estimate of drug-likeness (QED) is 0.536. The van der Waals surface area contributed by atoms with Gasteiger partial charge in [-0.25, -0.2) is 9.97 Å². The molecule has 0 aliphatic rings. The first-order valence-corrected chi connectivity index (χ1v) is 9.72. The van der Waals surface area contributed by atoms with Crippen molar-refractivity contribution in [2.24, 2.45) is 0 Å². The van der Waals surface area contributed by atoms with Gasteiger partial charge in [-0.2, -0.15) is 9.78 Å². The van der Waals surface area contributed by atoms with Gasteiger partial charge in [0.1, 0.15) is 12.1 Å². The number of benzene rings is 1. The van der Waals surface area contributed by atoms with Crippen LogP contribution >= 0.6 is 0 Å². The Kier molecular flexibility index (Phi) is 5.18. The molecule has 3 heterocycles. The van der Waals surface area contributed by atoms with Crippen LogP contribution in [-0.2, 0) is 16.6 Å². The lowest BCUT2D eigenvalue weighted by Crippen LogP contribution is -2.17. The maximum Gasteiger partial charge on any atom is 0.231 e. The molecular formula is C23H23N5O2. The van der Waals surface area contributed by atoms with Gasteiger partial charge in [-0.15, -0.1) is 0 Å². The van der Waals surface area contributed by atoms with Gasteiger partial charge in [0.25, 0.3) is 0 Å². The van der Waals surface area contributed by atoms with E-state index in [4.69, 9.17) is 4.42 Å². The van der Waals surface area contributed by atoms with Gasteiger partial charge in [-0.1, -0.05) is 45.0 Å². The minimum absolute atomic E-state index is 0.0918. The van der Waals surface area contributed by atoms with Crippen LogP contribution in [0.3, 0.4) is 0 Å². The third-order valence-corrected chi connectivity index (χ3v) is 4.53. The van der Waals surface area contributed by atoms with Crippen LogP contribution in [-0.4, -0.2) is 25.7 Å². The Labute approximate surface area is 174 Å². The van der Waals surface area contributed by atoms with E-state index >= 15 is 0 Å². The number of oxazole rings is 1. The summed E-state index contributed by atoms with van der Waals surface area (Å²) in [6, 6.07) is 17.0. The number of nitrogens with zero attached hydrogens (tertiary/aromatic N) is 4. The Morgan fingerprint density at radius 1 is 1.10 bits per heavy atom. The molecule has 0 spiro atoms. The zero-order valence-electron chi connectivity index (χ0n) is 17.2. The molecule has 7 heteroatoms. The Hall–Kier alpha value is -3.74. The van der Waals surface area contributed by atoms with Crippen molar-refractivity contribution in [3.8, 4) is 17.3 Å². The molecule has 1 aromatic carbocycles. The van der Waals surface area contributed by atoms with Crippen LogP contribution in [0.1, 0.15) is 32.2 Å². The van der Waals surface area contributed by atoms with E-state index in [0.29, 0.717) is 23.2 Å². The molecule has 0 aliphatic heterocycles.